The van der Waals surface area contributed by atoms with Crippen molar-refractivity contribution in [2.75, 3.05) is 17.2 Å². The van der Waals surface area contributed by atoms with Gasteiger partial charge in [-0.1, -0.05) is 49.4 Å². The van der Waals surface area contributed by atoms with Gasteiger partial charge in [0.15, 0.2) is 9.84 Å². The number of benzene rings is 3. The number of fused-ring (bicyclic) bond motifs is 2. The SMILES string of the molecule is CCC1c2ccccc2CCc2ccc(S(C)(=O)=O)cc2C1CCc1cccc(NS(C)(=O)=O)c1. The second-order valence-electron chi connectivity index (χ2n) is 9.57. The van der Waals surface area contributed by atoms with E-state index in [9.17, 15) is 16.8 Å². The first-order valence-corrected chi connectivity index (χ1v) is 15.8. The largest absolute Gasteiger partial charge is 0.284 e. The highest BCUT2D eigenvalue weighted by Crippen LogP contribution is 2.44. The molecule has 0 saturated heterocycles. The van der Waals surface area contributed by atoms with E-state index in [4.69, 9.17) is 0 Å². The van der Waals surface area contributed by atoms with Gasteiger partial charge in [0.2, 0.25) is 10.0 Å². The van der Waals surface area contributed by atoms with Crippen LogP contribution in [0.3, 0.4) is 0 Å². The first-order chi connectivity index (χ1) is 16.5. The highest BCUT2D eigenvalue weighted by atomic mass is 32.2. The minimum absolute atomic E-state index is 0.143. The summed E-state index contributed by atoms with van der Waals surface area (Å²) in [6, 6.07) is 21.8. The van der Waals surface area contributed by atoms with E-state index in [0.29, 0.717) is 10.6 Å². The first-order valence-electron chi connectivity index (χ1n) is 12.0. The quantitative estimate of drug-likeness (QED) is 0.456. The van der Waals surface area contributed by atoms with Crippen molar-refractivity contribution >= 4 is 25.5 Å². The average molecular weight is 512 g/mol. The Labute approximate surface area is 209 Å². The van der Waals surface area contributed by atoms with Gasteiger partial charge in [0, 0.05) is 11.9 Å². The van der Waals surface area contributed by atoms with Crippen LogP contribution in [0.5, 0.6) is 0 Å². The van der Waals surface area contributed by atoms with Crippen molar-refractivity contribution in [3.8, 4) is 0 Å². The fourth-order valence-electron chi connectivity index (χ4n) is 5.39. The Morgan fingerprint density at radius 1 is 0.800 bits per heavy atom. The Morgan fingerprint density at radius 2 is 1.51 bits per heavy atom. The Kier molecular flexibility index (Phi) is 7.38. The molecule has 0 radical (unpaired) electrons. The molecule has 2 unspecified atom stereocenters. The van der Waals surface area contributed by atoms with Gasteiger partial charge in [-0.05, 0) is 96.0 Å². The molecule has 3 aromatic carbocycles. The molecule has 3 aromatic rings. The number of anilines is 1. The standard InChI is InChI=1S/C28H33NO4S2/c1-4-25-26-11-6-5-9-21(26)13-14-22-15-16-24(34(2,30)31)19-28(22)27(25)17-12-20-8-7-10-23(18-20)29-35(3,32)33/h5-11,15-16,18-19,25,27,29H,4,12-14,17H2,1-3H3. The monoisotopic (exact) mass is 511 g/mol. The molecular formula is C28H33NO4S2. The van der Waals surface area contributed by atoms with Gasteiger partial charge in [-0.2, -0.15) is 0 Å². The summed E-state index contributed by atoms with van der Waals surface area (Å²) >= 11 is 0. The van der Waals surface area contributed by atoms with Crippen LogP contribution in [0.2, 0.25) is 0 Å². The molecule has 0 saturated carbocycles. The summed E-state index contributed by atoms with van der Waals surface area (Å²) in [5.74, 6) is 0.405. The number of nitrogens with one attached hydrogen (secondary N) is 1. The topological polar surface area (TPSA) is 80.3 Å². The lowest BCUT2D eigenvalue weighted by Gasteiger charge is -2.33. The van der Waals surface area contributed by atoms with Crippen LogP contribution in [-0.4, -0.2) is 29.3 Å². The van der Waals surface area contributed by atoms with Gasteiger partial charge in [0.1, 0.15) is 0 Å². The van der Waals surface area contributed by atoms with Crippen molar-refractivity contribution in [2.45, 2.75) is 55.8 Å². The van der Waals surface area contributed by atoms with E-state index in [2.05, 4.69) is 35.9 Å². The molecule has 4 rings (SSSR count). The summed E-state index contributed by atoms with van der Waals surface area (Å²) < 4.78 is 50.7. The summed E-state index contributed by atoms with van der Waals surface area (Å²) in [7, 11) is -6.67. The fraction of sp³-hybridized carbons (Fsp3) is 0.357. The predicted octanol–water partition coefficient (Wildman–Crippen LogP) is 5.47. The van der Waals surface area contributed by atoms with Crippen LogP contribution in [-0.2, 0) is 39.1 Å². The second-order valence-corrected chi connectivity index (χ2v) is 13.3. The van der Waals surface area contributed by atoms with Crippen molar-refractivity contribution in [1.29, 1.82) is 0 Å². The number of hydrogen-bond donors (Lipinski definition) is 1. The minimum Gasteiger partial charge on any atom is -0.284 e. The smallest absolute Gasteiger partial charge is 0.229 e. The third-order valence-corrected chi connectivity index (χ3v) is 8.68. The van der Waals surface area contributed by atoms with Crippen molar-refractivity contribution < 1.29 is 16.8 Å². The second kappa shape index (κ2) is 10.2. The molecule has 1 aliphatic carbocycles. The Morgan fingerprint density at radius 3 is 2.20 bits per heavy atom. The molecule has 186 valence electrons. The van der Waals surface area contributed by atoms with Gasteiger partial charge in [-0.25, -0.2) is 16.8 Å². The van der Waals surface area contributed by atoms with Crippen molar-refractivity contribution in [1.82, 2.24) is 0 Å². The van der Waals surface area contributed by atoms with E-state index >= 15 is 0 Å². The summed E-state index contributed by atoms with van der Waals surface area (Å²) in [5, 5.41) is 0. The molecule has 0 amide bonds. The van der Waals surface area contributed by atoms with Gasteiger partial charge in [-0.15, -0.1) is 0 Å². The van der Waals surface area contributed by atoms with Crippen LogP contribution in [0.15, 0.2) is 71.6 Å². The first kappa shape index (κ1) is 25.5. The van der Waals surface area contributed by atoms with Crippen molar-refractivity contribution in [3.63, 3.8) is 0 Å². The van der Waals surface area contributed by atoms with E-state index in [1.807, 2.05) is 30.3 Å². The van der Waals surface area contributed by atoms with Gasteiger partial charge >= 0.3 is 0 Å². The van der Waals surface area contributed by atoms with Crippen LogP contribution >= 0.6 is 0 Å². The number of sulfonamides is 1. The molecule has 0 aromatic heterocycles. The van der Waals surface area contributed by atoms with Gasteiger partial charge in [0.05, 0.1) is 11.2 Å². The summed E-state index contributed by atoms with van der Waals surface area (Å²) in [5.41, 5.74) is 6.65. The normalized spacial score (nSPS) is 18.1. The van der Waals surface area contributed by atoms with E-state index in [0.717, 1.165) is 49.5 Å². The fourth-order valence-corrected chi connectivity index (χ4v) is 6.60. The number of hydrogen-bond acceptors (Lipinski definition) is 4. The molecule has 0 heterocycles. The predicted molar refractivity (Wildman–Crippen MR) is 142 cm³/mol. The molecule has 1 N–H and O–H groups in total. The van der Waals surface area contributed by atoms with E-state index in [1.54, 1.807) is 12.1 Å². The molecule has 0 spiro atoms. The van der Waals surface area contributed by atoms with Crippen LogP contribution < -0.4 is 4.72 Å². The molecule has 5 nitrogen and oxygen atoms in total. The third kappa shape index (κ3) is 6.14. The Hall–Kier alpha value is -2.64. The van der Waals surface area contributed by atoms with Gasteiger partial charge in [0.25, 0.3) is 0 Å². The summed E-state index contributed by atoms with van der Waals surface area (Å²) in [6.07, 6.45) is 6.74. The highest BCUT2D eigenvalue weighted by Gasteiger charge is 2.29. The van der Waals surface area contributed by atoms with Gasteiger partial charge < -0.3 is 0 Å². The van der Waals surface area contributed by atoms with Crippen molar-refractivity contribution in [3.05, 3.63) is 94.5 Å². The minimum atomic E-state index is -3.35. The molecular weight excluding hydrogens is 478 g/mol. The van der Waals surface area contributed by atoms with Crippen LogP contribution in [0, 0.1) is 0 Å². The zero-order valence-electron chi connectivity index (χ0n) is 20.5. The maximum atomic E-state index is 12.4. The zero-order chi connectivity index (χ0) is 25.2. The molecule has 7 heteroatoms. The number of sulfone groups is 1. The van der Waals surface area contributed by atoms with Crippen LogP contribution in [0.25, 0.3) is 0 Å². The van der Waals surface area contributed by atoms with Gasteiger partial charge in [-0.3, -0.25) is 4.72 Å². The van der Waals surface area contributed by atoms with E-state index in [-0.39, 0.29) is 11.8 Å². The summed E-state index contributed by atoms with van der Waals surface area (Å²) in [6.45, 7) is 2.20. The van der Waals surface area contributed by atoms with Crippen LogP contribution in [0.4, 0.5) is 5.69 Å². The maximum absolute atomic E-state index is 12.4. The lowest BCUT2D eigenvalue weighted by atomic mass is 9.72. The van der Waals surface area contributed by atoms with E-state index < -0.39 is 19.9 Å². The number of aryl methyl sites for hydroxylation is 3. The molecule has 35 heavy (non-hydrogen) atoms. The number of rotatable bonds is 7. The molecule has 1 aliphatic rings. The van der Waals surface area contributed by atoms with Crippen molar-refractivity contribution in [2.24, 2.45) is 0 Å². The average Bonchev–Trinajstić information content (AvgIpc) is 2.78. The third-order valence-electron chi connectivity index (χ3n) is 6.96. The lowest BCUT2D eigenvalue weighted by Crippen LogP contribution is -2.19. The van der Waals surface area contributed by atoms with Crippen LogP contribution in [0.1, 0.15) is 59.4 Å². The molecule has 0 aliphatic heterocycles. The molecule has 0 bridgehead atoms. The maximum Gasteiger partial charge on any atom is 0.229 e. The highest BCUT2D eigenvalue weighted by molar-refractivity contribution is 7.92. The molecule has 0 fully saturated rings. The zero-order valence-corrected chi connectivity index (χ0v) is 22.1. The lowest BCUT2D eigenvalue weighted by molar-refractivity contribution is 0.480. The Bertz CT molecular complexity index is 1430. The van der Waals surface area contributed by atoms with E-state index in [1.165, 1.54) is 22.9 Å². The molecule has 2 atom stereocenters. The summed E-state index contributed by atoms with van der Waals surface area (Å²) in [4.78, 5) is 0.365. The Balaban J connectivity index is 1.75.